The Morgan fingerprint density at radius 3 is 2.41 bits per heavy atom. The van der Waals surface area contributed by atoms with E-state index in [1.54, 1.807) is 11.8 Å². The molecule has 162 valence electrons. The van der Waals surface area contributed by atoms with Crippen molar-refractivity contribution in [3.8, 4) is 0 Å². The van der Waals surface area contributed by atoms with Crippen LogP contribution in [0, 0.1) is 5.41 Å². The summed E-state index contributed by atoms with van der Waals surface area (Å²) in [4.78, 5) is 9.94. The number of halogens is 3. The Kier molecular flexibility index (Phi) is 5.87. The molecule has 4 rings (SSSR count). The number of nitrogens with one attached hydrogen (secondary N) is 2. The first-order chi connectivity index (χ1) is 13.9. The van der Waals surface area contributed by atoms with Gasteiger partial charge in [0, 0.05) is 25.3 Å². The number of hydrogen-bond donors (Lipinski definition) is 3. The van der Waals surface area contributed by atoms with Gasteiger partial charge in [0.1, 0.15) is 5.82 Å². The van der Waals surface area contributed by atoms with E-state index in [4.69, 9.17) is 9.84 Å². The van der Waals surface area contributed by atoms with E-state index in [1.807, 2.05) is 0 Å². The van der Waals surface area contributed by atoms with Crippen LogP contribution in [0.25, 0.3) is 0 Å². The largest absolute Gasteiger partial charge is 0.396 e. The van der Waals surface area contributed by atoms with Crippen molar-refractivity contribution in [1.29, 1.82) is 0 Å². The van der Waals surface area contributed by atoms with Crippen LogP contribution in [0.1, 0.15) is 44.2 Å². The average Bonchev–Trinajstić information content (AvgIpc) is 3.07. The molecular weight excluding hydrogens is 405 g/mol. The summed E-state index contributed by atoms with van der Waals surface area (Å²) in [6.45, 7) is 0.632. The summed E-state index contributed by atoms with van der Waals surface area (Å²) in [7, 11) is 0. The maximum Gasteiger partial charge on any atom is 0.396 e. The molecule has 0 unspecified atom stereocenters. The van der Waals surface area contributed by atoms with Crippen LogP contribution in [0.2, 0.25) is 0 Å². The Bertz CT molecular complexity index is 739. The van der Waals surface area contributed by atoms with Gasteiger partial charge in [0.15, 0.2) is 0 Å². The lowest BCUT2D eigenvalue weighted by Gasteiger charge is -2.43. The zero-order valence-electron chi connectivity index (χ0n) is 16.3. The first-order valence-electron chi connectivity index (χ1n) is 10.2. The molecule has 0 spiro atoms. The van der Waals surface area contributed by atoms with E-state index < -0.39 is 11.6 Å². The lowest BCUT2D eigenvalue weighted by atomic mass is 9.68. The molecule has 0 aromatic carbocycles. The zero-order valence-corrected chi connectivity index (χ0v) is 17.1. The van der Waals surface area contributed by atoms with Crippen molar-refractivity contribution >= 4 is 23.5 Å². The summed E-state index contributed by atoms with van der Waals surface area (Å²) in [5.41, 5.74) is -1.08. The highest BCUT2D eigenvalue weighted by atomic mass is 32.2. The Morgan fingerprint density at radius 2 is 1.83 bits per heavy atom. The topological polar surface area (TPSA) is 79.3 Å². The molecule has 6 nitrogen and oxygen atoms in total. The normalized spacial score (nSPS) is 21.8. The molecule has 0 bridgehead atoms. The third-order valence-electron chi connectivity index (χ3n) is 6.36. The van der Waals surface area contributed by atoms with E-state index in [9.17, 15) is 13.2 Å². The van der Waals surface area contributed by atoms with E-state index in [1.165, 1.54) is 0 Å². The number of anilines is 2. The summed E-state index contributed by atoms with van der Waals surface area (Å²) < 4.78 is 46.3. The van der Waals surface area contributed by atoms with Gasteiger partial charge in [-0.05, 0) is 32.1 Å². The van der Waals surface area contributed by atoms with E-state index in [-0.39, 0.29) is 38.2 Å². The lowest BCUT2D eigenvalue weighted by Crippen LogP contribution is -2.49. The number of ether oxygens (including phenoxy) is 1. The molecule has 29 heavy (non-hydrogen) atoms. The van der Waals surface area contributed by atoms with Gasteiger partial charge in [0.25, 0.3) is 0 Å². The summed E-state index contributed by atoms with van der Waals surface area (Å²) in [6, 6.07) is 0. The Balaban J connectivity index is 1.46. The second-order valence-electron chi connectivity index (χ2n) is 8.22. The number of aliphatic hydroxyl groups excluding tert-OH is 1. The maximum absolute atomic E-state index is 13.5. The number of aromatic nitrogens is 2. The molecule has 3 aliphatic rings. The summed E-state index contributed by atoms with van der Waals surface area (Å²) in [5.74, 6) is 1.77. The van der Waals surface area contributed by atoms with E-state index in [2.05, 4.69) is 20.6 Å². The molecular formula is C19H27F3N4O2S. The van der Waals surface area contributed by atoms with Crippen LogP contribution in [0.5, 0.6) is 0 Å². The molecule has 1 aromatic heterocycles. The monoisotopic (exact) mass is 432 g/mol. The van der Waals surface area contributed by atoms with Crippen LogP contribution in [-0.2, 0) is 11.2 Å². The van der Waals surface area contributed by atoms with E-state index in [0.717, 1.165) is 42.0 Å². The number of aryl methyl sites for hydroxylation is 1. The lowest BCUT2D eigenvalue weighted by molar-refractivity contribution is -0.244. The van der Waals surface area contributed by atoms with Crippen molar-refractivity contribution in [3.63, 3.8) is 0 Å². The van der Waals surface area contributed by atoms with Crippen molar-refractivity contribution < 1.29 is 23.0 Å². The van der Waals surface area contributed by atoms with Crippen LogP contribution < -0.4 is 10.6 Å². The van der Waals surface area contributed by atoms with Crippen LogP contribution in [0.3, 0.4) is 0 Å². The molecule has 0 radical (unpaired) electrons. The molecule has 0 atom stereocenters. The quantitative estimate of drug-likeness (QED) is 0.550. The molecule has 2 aliphatic carbocycles. The number of hydrogen-bond acceptors (Lipinski definition) is 7. The fraction of sp³-hybridized carbons (Fsp3) is 0.789. The van der Waals surface area contributed by atoms with Gasteiger partial charge in [-0.15, -0.1) is 11.8 Å². The van der Waals surface area contributed by atoms with Gasteiger partial charge in [-0.1, -0.05) is 6.42 Å². The fourth-order valence-corrected chi connectivity index (χ4v) is 5.20. The smallest absolute Gasteiger partial charge is 0.394 e. The molecule has 10 heteroatoms. The Hall–Kier alpha value is -1.26. The van der Waals surface area contributed by atoms with Gasteiger partial charge < -0.3 is 20.5 Å². The SMILES string of the molecule is OCCOC1(CNc2nc3c(c(NCC4(C(F)(F)F)CCC4)n2)SCC3)CCC1. The van der Waals surface area contributed by atoms with Crippen LogP contribution >= 0.6 is 11.8 Å². The van der Waals surface area contributed by atoms with Gasteiger partial charge in [0.2, 0.25) is 5.95 Å². The van der Waals surface area contributed by atoms with Gasteiger partial charge in [0.05, 0.1) is 34.8 Å². The van der Waals surface area contributed by atoms with Crippen molar-refractivity contribution in [2.45, 2.75) is 61.6 Å². The minimum absolute atomic E-state index is 0.0245. The van der Waals surface area contributed by atoms with Crippen LogP contribution in [0.4, 0.5) is 24.9 Å². The molecule has 2 saturated carbocycles. The second kappa shape index (κ2) is 8.11. The van der Waals surface area contributed by atoms with Crippen LogP contribution in [0.15, 0.2) is 4.90 Å². The van der Waals surface area contributed by atoms with Crippen LogP contribution in [-0.4, -0.2) is 58.9 Å². The highest BCUT2D eigenvalue weighted by molar-refractivity contribution is 7.99. The van der Waals surface area contributed by atoms with Crippen molar-refractivity contribution in [2.24, 2.45) is 5.41 Å². The highest BCUT2D eigenvalue weighted by Gasteiger charge is 2.58. The summed E-state index contributed by atoms with van der Waals surface area (Å²) in [6.07, 6.45) is 0.396. The summed E-state index contributed by atoms with van der Waals surface area (Å²) in [5, 5.41) is 15.2. The van der Waals surface area contributed by atoms with Gasteiger partial charge in [-0.25, -0.2) is 4.98 Å². The molecule has 2 fully saturated rings. The van der Waals surface area contributed by atoms with Gasteiger partial charge in [-0.2, -0.15) is 18.2 Å². The Labute approximate surface area is 172 Å². The predicted molar refractivity (Wildman–Crippen MR) is 105 cm³/mol. The molecule has 0 saturated heterocycles. The van der Waals surface area contributed by atoms with Crippen molar-refractivity contribution in [1.82, 2.24) is 9.97 Å². The summed E-state index contributed by atoms with van der Waals surface area (Å²) >= 11 is 1.59. The van der Waals surface area contributed by atoms with E-state index in [0.29, 0.717) is 24.7 Å². The zero-order chi connectivity index (χ0) is 20.5. The highest BCUT2D eigenvalue weighted by Crippen LogP contribution is 2.53. The molecule has 1 aromatic rings. The van der Waals surface area contributed by atoms with E-state index >= 15 is 0 Å². The maximum atomic E-state index is 13.5. The van der Waals surface area contributed by atoms with Gasteiger partial charge in [-0.3, -0.25) is 0 Å². The average molecular weight is 433 g/mol. The number of aliphatic hydroxyl groups is 1. The van der Waals surface area contributed by atoms with Gasteiger partial charge >= 0.3 is 6.18 Å². The minimum atomic E-state index is -4.21. The number of alkyl halides is 3. The standard InChI is InChI=1S/C19H27F3N4O2S/c20-19(21,22)17(4-1-5-17)11-23-15-14-13(3-10-29-14)25-16(26-15)24-12-18(6-2-7-18)28-9-8-27/h27H,1-12H2,(H2,23,24,25,26). The third-order valence-corrected chi connectivity index (χ3v) is 7.49. The minimum Gasteiger partial charge on any atom is -0.394 e. The molecule has 2 heterocycles. The van der Waals surface area contributed by atoms with Crippen molar-refractivity contribution in [3.05, 3.63) is 5.69 Å². The van der Waals surface area contributed by atoms with Crippen molar-refractivity contribution in [2.75, 3.05) is 42.7 Å². The molecule has 0 amide bonds. The second-order valence-corrected chi connectivity index (χ2v) is 9.32. The number of thioether (sulfide) groups is 1. The molecule has 3 N–H and O–H groups in total. The predicted octanol–water partition coefficient (Wildman–Crippen LogP) is 3.61. The number of rotatable bonds is 9. The fourth-order valence-electron chi connectivity index (χ4n) is 4.13. The number of nitrogens with zero attached hydrogens (tertiary/aromatic N) is 2. The first kappa shape index (κ1) is 21.0. The number of fused-ring (bicyclic) bond motifs is 1. The first-order valence-corrected chi connectivity index (χ1v) is 11.2. The Morgan fingerprint density at radius 1 is 1.07 bits per heavy atom. The third kappa shape index (κ3) is 4.16. The molecule has 1 aliphatic heterocycles.